The summed E-state index contributed by atoms with van der Waals surface area (Å²) in [7, 11) is 1.30. The van der Waals surface area contributed by atoms with Crippen LogP contribution < -0.4 is 0 Å². The van der Waals surface area contributed by atoms with Gasteiger partial charge in [0.25, 0.3) is 0 Å². The van der Waals surface area contributed by atoms with E-state index in [2.05, 4.69) is 4.84 Å². The molecule has 0 spiro atoms. The highest BCUT2D eigenvalue weighted by molar-refractivity contribution is 5.70. The number of rotatable bonds is 3. The van der Waals surface area contributed by atoms with Crippen molar-refractivity contribution in [3.8, 4) is 0 Å². The molecule has 5 nitrogen and oxygen atoms in total. The van der Waals surface area contributed by atoms with Gasteiger partial charge < -0.3 is 9.53 Å². The Morgan fingerprint density at radius 1 is 1.46 bits per heavy atom. The molecule has 0 atom stereocenters. The summed E-state index contributed by atoms with van der Waals surface area (Å²) in [6.07, 6.45) is -0.102. The summed E-state index contributed by atoms with van der Waals surface area (Å²) < 4.78 is 4.95. The van der Waals surface area contributed by atoms with Crippen molar-refractivity contribution in [3.63, 3.8) is 0 Å². The molecule has 0 aromatic heterocycles. The molecule has 0 aliphatic rings. The van der Waals surface area contributed by atoms with Gasteiger partial charge in [-0.2, -0.15) is 5.06 Å². The van der Waals surface area contributed by atoms with E-state index in [0.29, 0.717) is 6.29 Å². The molecule has 5 heteroatoms. The third-order valence-corrected chi connectivity index (χ3v) is 1.06. The van der Waals surface area contributed by atoms with E-state index in [1.807, 2.05) is 0 Å². The maximum absolute atomic E-state index is 11.2. The first-order chi connectivity index (χ1) is 5.90. The molecular formula is C8H15NO4. The maximum atomic E-state index is 11.2. The molecule has 1 amide bonds. The van der Waals surface area contributed by atoms with Gasteiger partial charge >= 0.3 is 6.09 Å². The lowest BCUT2D eigenvalue weighted by Crippen LogP contribution is -2.37. The van der Waals surface area contributed by atoms with Gasteiger partial charge in [-0.25, -0.2) is 4.79 Å². The fourth-order valence-electron chi connectivity index (χ4n) is 0.604. The second kappa shape index (κ2) is 4.81. The molecule has 0 heterocycles. The molecule has 0 unspecified atom stereocenters. The van der Waals surface area contributed by atoms with Crippen molar-refractivity contribution >= 4 is 12.4 Å². The monoisotopic (exact) mass is 189 g/mol. The minimum absolute atomic E-state index is 0.134. The molecule has 0 radical (unpaired) electrons. The van der Waals surface area contributed by atoms with Gasteiger partial charge in [0.15, 0.2) is 0 Å². The Balaban J connectivity index is 4.13. The van der Waals surface area contributed by atoms with Gasteiger partial charge in [0.2, 0.25) is 0 Å². The van der Waals surface area contributed by atoms with E-state index in [9.17, 15) is 9.59 Å². The molecule has 0 fully saturated rings. The normalized spacial score (nSPS) is 10.8. The van der Waals surface area contributed by atoms with Gasteiger partial charge in [0, 0.05) is 0 Å². The van der Waals surface area contributed by atoms with Gasteiger partial charge in [0.1, 0.15) is 18.4 Å². The number of hydrogen-bond acceptors (Lipinski definition) is 4. The van der Waals surface area contributed by atoms with E-state index in [1.54, 1.807) is 20.8 Å². The highest BCUT2D eigenvalue weighted by Crippen LogP contribution is 2.09. The molecule has 76 valence electrons. The van der Waals surface area contributed by atoms with E-state index in [4.69, 9.17) is 4.74 Å². The quantitative estimate of drug-likeness (QED) is 0.490. The summed E-state index contributed by atoms with van der Waals surface area (Å²) in [5, 5.41) is 0.845. The SMILES string of the molecule is CON(CC=O)C(=O)OC(C)(C)C. The third kappa shape index (κ3) is 5.19. The van der Waals surface area contributed by atoms with Crippen molar-refractivity contribution in [1.29, 1.82) is 0 Å². The van der Waals surface area contributed by atoms with Crippen LogP contribution in [0.1, 0.15) is 20.8 Å². The molecule has 0 aliphatic carbocycles. The fraction of sp³-hybridized carbons (Fsp3) is 0.750. The van der Waals surface area contributed by atoms with Crippen LogP contribution in [0.5, 0.6) is 0 Å². The number of aldehydes is 1. The number of hydrogen-bond donors (Lipinski definition) is 0. The van der Waals surface area contributed by atoms with E-state index in [1.165, 1.54) is 7.11 Å². The van der Waals surface area contributed by atoms with Crippen LogP contribution in [0.2, 0.25) is 0 Å². The zero-order valence-electron chi connectivity index (χ0n) is 8.36. The van der Waals surface area contributed by atoms with Crippen molar-refractivity contribution in [3.05, 3.63) is 0 Å². The molecule has 0 bridgehead atoms. The van der Waals surface area contributed by atoms with Crippen LogP contribution in [0.3, 0.4) is 0 Å². The zero-order chi connectivity index (χ0) is 10.5. The van der Waals surface area contributed by atoms with Crippen LogP contribution in [0.15, 0.2) is 0 Å². The Morgan fingerprint density at radius 2 is 2.00 bits per heavy atom. The first-order valence-corrected chi connectivity index (χ1v) is 3.89. The Hall–Kier alpha value is -1.10. The van der Waals surface area contributed by atoms with Crippen LogP contribution in [0.25, 0.3) is 0 Å². The second-order valence-electron chi connectivity index (χ2n) is 3.39. The van der Waals surface area contributed by atoms with Gasteiger partial charge in [-0.3, -0.25) is 4.84 Å². The highest BCUT2D eigenvalue weighted by Gasteiger charge is 2.21. The lowest BCUT2D eigenvalue weighted by molar-refractivity contribution is -0.136. The molecule has 0 N–H and O–H groups in total. The minimum atomic E-state index is -0.665. The smallest absolute Gasteiger partial charge is 0.434 e. The Labute approximate surface area is 77.6 Å². The third-order valence-electron chi connectivity index (χ3n) is 1.06. The predicted molar refractivity (Wildman–Crippen MR) is 46.0 cm³/mol. The zero-order valence-corrected chi connectivity index (χ0v) is 8.36. The lowest BCUT2D eigenvalue weighted by atomic mass is 10.2. The van der Waals surface area contributed by atoms with Crippen LogP contribution in [-0.2, 0) is 14.4 Å². The first kappa shape index (κ1) is 11.9. The average Bonchev–Trinajstić information content (AvgIpc) is 1.96. The van der Waals surface area contributed by atoms with E-state index in [0.717, 1.165) is 5.06 Å². The van der Waals surface area contributed by atoms with Crippen molar-refractivity contribution in [2.24, 2.45) is 0 Å². The average molecular weight is 189 g/mol. The lowest BCUT2D eigenvalue weighted by Gasteiger charge is -2.24. The largest absolute Gasteiger partial charge is 0.442 e. The molecule has 0 aromatic rings. The van der Waals surface area contributed by atoms with Gasteiger partial charge in [-0.15, -0.1) is 0 Å². The Kier molecular flexibility index (Phi) is 4.40. The summed E-state index contributed by atoms with van der Waals surface area (Å²) in [4.78, 5) is 25.9. The molecule has 0 saturated carbocycles. The summed E-state index contributed by atoms with van der Waals surface area (Å²) in [5.74, 6) is 0. The number of carbonyl (C=O) groups excluding carboxylic acids is 2. The van der Waals surface area contributed by atoms with E-state index >= 15 is 0 Å². The summed E-state index contributed by atoms with van der Waals surface area (Å²) >= 11 is 0. The summed E-state index contributed by atoms with van der Waals surface area (Å²) in [5.41, 5.74) is -0.587. The van der Waals surface area contributed by atoms with Gasteiger partial charge in [-0.05, 0) is 20.8 Å². The standard InChI is InChI=1S/C8H15NO4/c1-8(2,3)13-7(11)9(12-4)5-6-10/h6H,5H2,1-4H3. The van der Waals surface area contributed by atoms with Crippen molar-refractivity contribution in [2.45, 2.75) is 26.4 Å². The molecule has 13 heavy (non-hydrogen) atoms. The highest BCUT2D eigenvalue weighted by atomic mass is 16.7. The molecule has 0 saturated heterocycles. The number of amides is 1. The van der Waals surface area contributed by atoms with Crippen molar-refractivity contribution in [2.75, 3.05) is 13.7 Å². The summed E-state index contributed by atoms with van der Waals surface area (Å²) in [6.45, 7) is 5.07. The number of carbonyl (C=O) groups is 2. The van der Waals surface area contributed by atoms with E-state index < -0.39 is 11.7 Å². The van der Waals surface area contributed by atoms with Crippen molar-refractivity contribution < 1.29 is 19.2 Å². The number of nitrogens with zero attached hydrogens (tertiary/aromatic N) is 1. The maximum Gasteiger partial charge on any atom is 0.434 e. The molecular weight excluding hydrogens is 174 g/mol. The first-order valence-electron chi connectivity index (χ1n) is 3.89. The van der Waals surface area contributed by atoms with Crippen LogP contribution >= 0.6 is 0 Å². The van der Waals surface area contributed by atoms with Gasteiger partial charge in [-0.1, -0.05) is 0 Å². The van der Waals surface area contributed by atoms with Gasteiger partial charge in [0.05, 0.1) is 7.11 Å². The topological polar surface area (TPSA) is 55.8 Å². The Morgan fingerprint density at radius 3 is 2.31 bits per heavy atom. The molecule has 0 rings (SSSR count). The van der Waals surface area contributed by atoms with Crippen molar-refractivity contribution in [1.82, 2.24) is 5.06 Å². The van der Waals surface area contributed by atoms with Crippen LogP contribution in [0, 0.1) is 0 Å². The number of hydroxylamine groups is 2. The minimum Gasteiger partial charge on any atom is -0.442 e. The van der Waals surface area contributed by atoms with Crippen LogP contribution in [-0.4, -0.2) is 36.7 Å². The fourth-order valence-corrected chi connectivity index (χ4v) is 0.604. The number of ether oxygens (including phenoxy) is 1. The molecule has 0 aromatic carbocycles. The Bertz CT molecular complexity index is 185. The second-order valence-corrected chi connectivity index (χ2v) is 3.39. The van der Waals surface area contributed by atoms with Crippen LogP contribution in [0.4, 0.5) is 4.79 Å². The summed E-state index contributed by atoms with van der Waals surface area (Å²) in [6, 6.07) is 0. The molecule has 0 aliphatic heterocycles. The van der Waals surface area contributed by atoms with E-state index in [-0.39, 0.29) is 6.54 Å². The predicted octanol–water partition coefficient (Wildman–Crippen LogP) is 0.984.